The summed E-state index contributed by atoms with van der Waals surface area (Å²) in [7, 11) is 1.64. The molecule has 0 radical (unpaired) electrons. The van der Waals surface area contributed by atoms with E-state index in [0.717, 1.165) is 57.7 Å². The van der Waals surface area contributed by atoms with Crippen LogP contribution in [0.1, 0.15) is 17.8 Å². The van der Waals surface area contributed by atoms with Crippen LogP contribution in [0.3, 0.4) is 0 Å². The van der Waals surface area contributed by atoms with Crippen molar-refractivity contribution >= 4 is 22.6 Å². The monoisotopic (exact) mass is 436 g/mol. The standard InChI is InChI=1S/C25H25ClN2O3/c1-18-15-21(11-12-22(18)26)30-14-6-13-28-24-10-4-3-9-23(24)27-25(28)17-31-20-8-5-7-19(16-20)29-2/h3-5,7-12,15-16H,6,13-14,17H2,1-2H3. The van der Waals surface area contributed by atoms with E-state index in [1.807, 2.05) is 67.6 Å². The number of benzene rings is 3. The van der Waals surface area contributed by atoms with Crippen LogP contribution in [0.5, 0.6) is 17.2 Å². The summed E-state index contributed by atoms with van der Waals surface area (Å²) in [5.74, 6) is 3.23. The maximum absolute atomic E-state index is 6.09. The van der Waals surface area contributed by atoms with E-state index in [9.17, 15) is 0 Å². The summed E-state index contributed by atoms with van der Waals surface area (Å²) in [6.07, 6.45) is 0.841. The third-order valence-electron chi connectivity index (χ3n) is 5.07. The molecular weight excluding hydrogens is 412 g/mol. The van der Waals surface area contributed by atoms with Gasteiger partial charge in [0.25, 0.3) is 0 Å². The molecule has 0 saturated heterocycles. The Labute approximate surface area is 187 Å². The number of para-hydroxylation sites is 2. The van der Waals surface area contributed by atoms with Crippen LogP contribution < -0.4 is 14.2 Å². The predicted octanol–water partition coefficient (Wildman–Crippen LogP) is 6.05. The third-order valence-corrected chi connectivity index (χ3v) is 5.49. The number of ether oxygens (including phenoxy) is 3. The Balaban J connectivity index is 1.43. The summed E-state index contributed by atoms with van der Waals surface area (Å²) < 4.78 is 19.4. The fraction of sp³-hybridized carbons (Fsp3) is 0.240. The summed E-state index contributed by atoms with van der Waals surface area (Å²) in [5.41, 5.74) is 3.06. The van der Waals surface area contributed by atoms with Crippen LogP contribution in [-0.2, 0) is 13.2 Å². The first-order chi connectivity index (χ1) is 15.1. The van der Waals surface area contributed by atoms with Gasteiger partial charge < -0.3 is 18.8 Å². The highest BCUT2D eigenvalue weighted by Crippen LogP contribution is 2.23. The quantitative estimate of drug-likeness (QED) is 0.299. The van der Waals surface area contributed by atoms with Gasteiger partial charge in [0.1, 0.15) is 29.7 Å². The molecule has 0 atom stereocenters. The van der Waals surface area contributed by atoms with E-state index >= 15 is 0 Å². The normalized spacial score (nSPS) is 10.9. The van der Waals surface area contributed by atoms with Crippen LogP contribution in [0.15, 0.2) is 66.7 Å². The van der Waals surface area contributed by atoms with Crippen molar-refractivity contribution in [3.05, 3.63) is 83.1 Å². The fourth-order valence-corrected chi connectivity index (χ4v) is 3.56. The number of fused-ring (bicyclic) bond motifs is 1. The number of aromatic nitrogens is 2. The summed E-state index contributed by atoms with van der Waals surface area (Å²) >= 11 is 6.09. The average Bonchev–Trinajstić information content (AvgIpc) is 3.15. The molecule has 31 heavy (non-hydrogen) atoms. The number of nitrogens with zero attached hydrogens (tertiary/aromatic N) is 2. The van der Waals surface area contributed by atoms with Crippen LogP contribution in [0.2, 0.25) is 5.02 Å². The Morgan fingerprint density at radius 3 is 2.55 bits per heavy atom. The Bertz CT molecular complexity index is 1170. The van der Waals surface area contributed by atoms with E-state index in [1.165, 1.54) is 0 Å². The molecule has 0 amide bonds. The molecule has 0 bridgehead atoms. The zero-order valence-electron chi connectivity index (χ0n) is 17.7. The zero-order valence-corrected chi connectivity index (χ0v) is 18.4. The molecule has 5 nitrogen and oxygen atoms in total. The van der Waals surface area contributed by atoms with Gasteiger partial charge in [-0.3, -0.25) is 0 Å². The lowest BCUT2D eigenvalue weighted by molar-refractivity contribution is 0.279. The minimum absolute atomic E-state index is 0.374. The van der Waals surface area contributed by atoms with Gasteiger partial charge in [-0.2, -0.15) is 0 Å². The highest BCUT2D eigenvalue weighted by molar-refractivity contribution is 6.31. The van der Waals surface area contributed by atoms with Gasteiger partial charge in [0.2, 0.25) is 0 Å². The fourth-order valence-electron chi connectivity index (χ4n) is 3.44. The molecule has 0 aliphatic heterocycles. The van der Waals surface area contributed by atoms with Crippen molar-refractivity contribution < 1.29 is 14.2 Å². The van der Waals surface area contributed by atoms with E-state index in [0.29, 0.717) is 13.2 Å². The van der Waals surface area contributed by atoms with Crippen LogP contribution in [0.4, 0.5) is 0 Å². The molecule has 0 aliphatic rings. The summed E-state index contributed by atoms with van der Waals surface area (Å²) in [4.78, 5) is 4.78. The number of aryl methyl sites for hydroxylation is 2. The predicted molar refractivity (Wildman–Crippen MR) is 123 cm³/mol. The topological polar surface area (TPSA) is 45.5 Å². The second-order valence-electron chi connectivity index (χ2n) is 7.25. The van der Waals surface area contributed by atoms with E-state index in [1.54, 1.807) is 7.11 Å². The lowest BCUT2D eigenvalue weighted by Gasteiger charge is -2.12. The first kappa shape index (κ1) is 21.1. The minimum Gasteiger partial charge on any atom is -0.497 e. The van der Waals surface area contributed by atoms with Gasteiger partial charge in [-0.25, -0.2) is 4.98 Å². The van der Waals surface area contributed by atoms with E-state index < -0.39 is 0 Å². The van der Waals surface area contributed by atoms with E-state index in [-0.39, 0.29) is 0 Å². The molecule has 4 rings (SSSR count). The Morgan fingerprint density at radius 2 is 1.71 bits per heavy atom. The maximum atomic E-state index is 6.09. The maximum Gasteiger partial charge on any atom is 0.147 e. The van der Waals surface area contributed by atoms with Crippen molar-refractivity contribution in [2.75, 3.05) is 13.7 Å². The highest BCUT2D eigenvalue weighted by atomic mass is 35.5. The molecule has 1 aromatic heterocycles. The van der Waals surface area contributed by atoms with Crippen molar-refractivity contribution in [3.63, 3.8) is 0 Å². The number of hydrogen-bond donors (Lipinski definition) is 0. The van der Waals surface area contributed by atoms with Gasteiger partial charge >= 0.3 is 0 Å². The SMILES string of the molecule is COc1cccc(OCc2nc3ccccc3n2CCCOc2ccc(Cl)c(C)c2)c1. The highest BCUT2D eigenvalue weighted by Gasteiger charge is 2.11. The van der Waals surface area contributed by atoms with Crippen molar-refractivity contribution in [1.29, 1.82) is 0 Å². The molecule has 4 aromatic rings. The summed E-state index contributed by atoms with van der Waals surface area (Å²) in [5, 5.41) is 0.748. The Kier molecular flexibility index (Phi) is 6.63. The van der Waals surface area contributed by atoms with E-state index in [4.69, 9.17) is 30.8 Å². The van der Waals surface area contributed by atoms with Gasteiger partial charge in [0.05, 0.1) is 24.8 Å². The number of halogens is 1. The van der Waals surface area contributed by atoms with Gasteiger partial charge in [-0.1, -0.05) is 29.8 Å². The van der Waals surface area contributed by atoms with Crippen molar-refractivity contribution in [1.82, 2.24) is 9.55 Å². The lowest BCUT2D eigenvalue weighted by Crippen LogP contribution is -2.10. The van der Waals surface area contributed by atoms with Crippen molar-refractivity contribution in [3.8, 4) is 17.2 Å². The van der Waals surface area contributed by atoms with Crippen LogP contribution >= 0.6 is 11.6 Å². The van der Waals surface area contributed by atoms with Gasteiger partial charge in [0.15, 0.2) is 0 Å². The van der Waals surface area contributed by atoms with Crippen molar-refractivity contribution in [2.45, 2.75) is 26.5 Å². The average molecular weight is 437 g/mol. The summed E-state index contributed by atoms with van der Waals surface area (Å²) in [6.45, 7) is 3.73. The van der Waals surface area contributed by atoms with Gasteiger partial charge in [0, 0.05) is 17.6 Å². The molecule has 160 valence electrons. The molecule has 3 aromatic carbocycles. The van der Waals surface area contributed by atoms with Crippen molar-refractivity contribution in [2.24, 2.45) is 0 Å². The first-order valence-electron chi connectivity index (χ1n) is 10.2. The second-order valence-corrected chi connectivity index (χ2v) is 7.66. The Morgan fingerprint density at radius 1 is 0.903 bits per heavy atom. The molecule has 0 unspecified atom stereocenters. The van der Waals surface area contributed by atoms with Crippen LogP contribution in [-0.4, -0.2) is 23.3 Å². The molecule has 1 heterocycles. The van der Waals surface area contributed by atoms with E-state index in [2.05, 4.69) is 10.6 Å². The number of rotatable bonds is 9. The number of methoxy groups -OCH3 is 1. The molecular formula is C25H25ClN2O3. The smallest absolute Gasteiger partial charge is 0.147 e. The van der Waals surface area contributed by atoms with Crippen LogP contribution in [0, 0.1) is 6.92 Å². The number of imidazole rings is 1. The molecule has 0 spiro atoms. The third kappa shape index (κ3) is 5.12. The molecule has 0 N–H and O–H groups in total. The molecule has 0 fully saturated rings. The second kappa shape index (κ2) is 9.75. The zero-order chi connectivity index (χ0) is 21.6. The van der Waals surface area contributed by atoms with Gasteiger partial charge in [-0.05, 0) is 61.4 Å². The minimum atomic E-state index is 0.374. The molecule has 6 heteroatoms. The molecule has 0 aliphatic carbocycles. The number of hydrogen-bond acceptors (Lipinski definition) is 4. The van der Waals surface area contributed by atoms with Crippen LogP contribution in [0.25, 0.3) is 11.0 Å². The largest absolute Gasteiger partial charge is 0.497 e. The molecule has 0 saturated carbocycles. The van der Waals surface area contributed by atoms with Gasteiger partial charge in [-0.15, -0.1) is 0 Å². The lowest BCUT2D eigenvalue weighted by atomic mass is 10.2. The first-order valence-corrected chi connectivity index (χ1v) is 10.6. The summed E-state index contributed by atoms with van der Waals surface area (Å²) in [6, 6.07) is 21.4. The Hall–Kier alpha value is -3.18.